The van der Waals surface area contributed by atoms with E-state index < -0.39 is 0 Å². The van der Waals surface area contributed by atoms with Gasteiger partial charge in [0.15, 0.2) is 0 Å². The van der Waals surface area contributed by atoms with Crippen LogP contribution in [0.5, 0.6) is 0 Å². The third-order valence-corrected chi connectivity index (χ3v) is 6.67. The second kappa shape index (κ2) is 8.08. The number of carbonyl (C=O) groups excluding carboxylic acids is 1. The summed E-state index contributed by atoms with van der Waals surface area (Å²) in [5, 5.41) is 3.54. The molecule has 1 aliphatic heterocycles. The number of nitrogens with one attached hydrogen (secondary N) is 1. The molecule has 1 N–H and O–H groups in total. The lowest BCUT2D eigenvalue weighted by Crippen LogP contribution is -2.33. The van der Waals surface area contributed by atoms with Gasteiger partial charge in [0.2, 0.25) is 5.91 Å². The van der Waals surface area contributed by atoms with Crippen molar-refractivity contribution in [2.24, 2.45) is 0 Å². The zero-order valence-electron chi connectivity index (χ0n) is 17.1. The van der Waals surface area contributed by atoms with Gasteiger partial charge >= 0.3 is 0 Å². The molecule has 0 bridgehead atoms. The monoisotopic (exact) mass is 410 g/mol. The molecule has 4 rings (SSSR count). The normalized spacial score (nSPS) is 14.6. The number of aromatic nitrogens is 2. The Balaban J connectivity index is 1.68. The number of anilines is 1. The van der Waals surface area contributed by atoms with E-state index in [-0.39, 0.29) is 18.0 Å². The van der Waals surface area contributed by atoms with Crippen molar-refractivity contribution in [2.45, 2.75) is 46.7 Å². The van der Waals surface area contributed by atoms with E-state index in [0.717, 1.165) is 52.5 Å². The minimum Gasteiger partial charge on any atom is -0.325 e. The Labute approximate surface area is 174 Å². The highest BCUT2D eigenvalue weighted by Crippen LogP contribution is 2.26. The number of thiophene rings is 1. The van der Waals surface area contributed by atoms with E-state index in [0.29, 0.717) is 17.8 Å². The first kappa shape index (κ1) is 19.8. The van der Waals surface area contributed by atoms with Crippen LogP contribution in [0.25, 0.3) is 10.2 Å². The molecule has 6 nitrogen and oxygen atoms in total. The second-order valence-corrected chi connectivity index (χ2v) is 8.98. The Morgan fingerprint density at radius 2 is 1.83 bits per heavy atom. The van der Waals surface area contributed by atoms with E-state index in [1.54, 1.807) is 15.9 Å². The predicted molar refractivity (Wildman–Crippen MR) is 118 cm³/mol. The summed E-state index contributed by atoms with van der Waals surface area (Å²) in [5.41, 5.74) is 2.70. The predicted octanol–water partition coefficient (Wildman–Crippen LogP) is 3.62. The van der Waals surface area contributed by atoms with Crippen LogP contribution in [0.1, 0.15) is 34.7 Å². The Morgan fingerprint density at radius 3 is 2.52 bits per heavy atom. The zero-order valence-corrected chi connectivity index (χ0v) is 17.9. The van der Waals surface area contributed by atoms with Crippen molar-refractivity contribution in [3.05, 3.63) is 56.4 Å². The fourth-order valence-electron chi connectivity index (χ4n) is 3.77. The third-order valence-electron chi connectivity index (χ3n) is 5.57. The summed E-state index contributed by atoms with van der Waals surface area (Å²) < 4.78 is 1.56. The van der Waals surface area contributed by atoms with Gasteiger partial charge in [0.1, 0.15) is 17.2 Å². The lowest BCUT2D eigenvalue weighted by atomic mass is 10.2. The van der Waals surface area contributed by atoms with Crippen LogP contribution in [-0.4, -0.2) is 33.4 Å². The van der Waals surface area contributed by atoms with Gasteiger partial charge in [-0.1, -0.05) is 17.7 Å². The number of fused-ring (bicyclic) bond motifs is 1. The third kappa shape index (κ3) is 4.11. The van der Waals surface area contributed by atoms with Gasteiger partial charge in [-0.2, -0.15) is 0 Å². The van der Waals surface area contributed by atoms with Crippen molar-refractivity contribution < 1.29 is 4.79 Å². The summed E-state index contributed by atoms with van der Waals surface area (Å²) in [5.74, 6) is 0.453. The number of rotatable bonds is 5. The molecule has 1 aromatic carbocycles. The Morgan fingerprint density at radius 1 is 1.14 bits per heavy atom. The fourth-order valence-corrected chi connectivity index (χ4v) is 4.81. The van der Waals surface area contributed by atoms with Crippen LogP contribution in [0, 0.1) is 20.8 Å². The molecule has 1 amide bonds. The maximum atomic E-state index is 13.3. The van der Waals surface area contributed by atoms with Gasteiger partial charge in [-0.15, -0.1) is 11.3 Å². The summed E-state index contributed by atoms with van der Waals surface area (Å²) in [4.78, 5) is 35.0. The zero-order chi connectivity index (χ0) is 20.5. The second-order valence-electron chi connectivity index (χ2n) is 7.78. The molecule has 2 aromatic heterocycles. The van der Waals surface area contributed by atoms with Gasteiger partial charge in [-0.05, 0) is 64.4 Å². The molecule has 7 heteroatoms. The molecule has 0 unspecified atom stereocenters. The number of hydrogen-bond donors (Lipinski definition) is 1. The van der Waals surface area contributed by atoms with Crippen LogP contribution in [0.15, 0.2) is 29.1 Å². The number of likely N-dealkylation sites (tertiary alicyclic amines) is 1. The smallest absolute Gasteiger partial charge is 0.263 e. The maximum absolute atomic E-state index is 13.3. The number of carbonyl (C=O) groups is 1. The molecule has 3 aromatic rings. The Hall–Kier alpha value is -2.51. The van der Waals surface area contributed by atoms with Crippen LogP contribution in [0.4, 0.5) is 5.69 Å². The first-order chi connectivity index (χ1) is 13.9. The first-order valence-corrected chi connectivity index (χ1v) is 10.8. The molecule has 1 aliphatic rings. The Kier molecular flexibility index (Phi) is 5.52. The maximum Gasteiger partial charge on any atom is 0.263 e. The molecule has 152 valence electrons. The van der Waals surface area contributed by atoms with Crippen molar-refractivity contribution >= 4 is 33.1 Å². The Bertz CT molecular complexity index is 1110. The molecule has 1 saturated heterocycles. The van der Waals surface area contributed by atoms with E-state index in [2.05, 4.69) is 10.2 Å². The average Bonchev–Trinajstić information content (AvgIpc) is 3.29. The van der Waals surface area contributed by atoms with Crippen LogP contribution in [0.3, 0.4) is 0 Å². The molecular weight excluding hydrogens is 384 g/mol. The summed E-state index contributed by atoms with van der Waals surface area (Å²) in [6.07, 6.45) is 2.33. The van der Waals surface area contributed by atoms with Crippen LogP contribution in [0.2, 0.25) is 0 Å². The van der Waals surface area contributed by atoms with Gasteiger partial charge in [-0.3, -0.25) is 19.1 Å². The largest absolute Gasteiger partial charge is 0.325 e. The number of amides is 1. The van der Waals surface area contributed by atoms with E-state index in [4.69, 9.17) is 4.98 Å². The average molecular weight is 411 g/mol. The van der Waals surface area contributed by atoms with E-state index in [1.165, 1.54) is 0 Å². The van der Waals surface area contributed by atoms with E-state index in [1.807, 2.05) is 45.0 Å². The SMILES string of the molecule is Cc1ccc(NC(=O)Cn2c(CN3CCCC3)nc3sc(C)c(C)c3c2=O)cc1. The van der Waals surface area contributed by atoms with Crippen LogP contribution >= 0.6 is 11.3 Å². The van der Waals surface area contributed by atoms with Gasteiger partial charge < -0.3 is 5.32 Å². The lowest BCUT2D eigenvalue weighted by Gasteiger charge is -2.18. The molecule has 0 aliphatic carbocycles. The van der Waals surface area contributed by atoms with E-state index in [9.17, 15) is 9.59 Å². The quantitative estimate of drug-likeness (QED) is 0.698. The van der Waals surface area contributed by atoms with Gasteiger partial charge in [-0.25, -0.2) is 4.98 Å². The number of aryl methyl sites for hydroxylation is 3. The lowest BCUT2D eigenvalue weighted by molar-refractivity contribution is -0.116. The summed E-state index contributed by atoms with van der Waals surface area (Å²) in [6, 6.07) is 7.64. The first-order valence-electron chi connectivity index (χ1n) is 10.0. The number of benzene rings is 1. The molecule has 0 spiro atoms. The van der Waals surface area contributed by atoms with Crippen molar-refractivity contribution in [1.29, 1.82) is 0 Å². The van der Waals surface area contributed by atoms with Crippen LogP contribution < -0.4 is 10.9 Å². The molecule has 0 saturated carbocycles. The van der Waals surface area contributed by atoms with E-state index >= 15 is 0 Å². The highest BCUT2D eigenvalue weighted by atomic mass is 32.1. The number of hydrogen-bond acceptors (Lipinski definition) is 5. The van der Waals surface area contributed by atoms with Gasteiger partial charge in [0.05, 0.1) is 11.9 Å². The molecular formula is C22H26N4O2S. The van der Waals surface area contributed by atoms with Crippen molar-refractivity contribution in [1.82, 2.24) is 14.5 Å². The van der Waals surface area contributed by atoms with Crippen molar-refractivity contribution in [2.75, 3.05) is 18.4 Å². The fraction of sp³-hybridized carbons (Fsp3) is 0.409. The van der Waals surface area contributed by atoms with Gasteiger partial charge in [0, 0.05) is 10.6 Å². The number of nitrogens with zero attached hydrogens (tertiary/aromatic N) is 3. The highest BCUT2D eigenvalue weighted by Gasteiger charge is 2.21. The van der Waals surface area contributed by atoms with Crippen LogP contribution in [-0.2, 0) is 17.9 Å². The van der Waals surface area contributed by atoms with Crippen molar-refractivity contribution in [3.63, 3.8) is 0 Å². The minimum atomic E-state index is -0.218. The minimum absolute atomic E-state index is 0.0346. The molecule has 0 atom stereocenters. The topological polar surface area (TPSA) is 67.2 Å². The molecule has 3 heterocycles. The standard InChI is InChI=1S/C22H26N4O2S/c1-14-6-8-17(9-7-14)23-19(27)13-26-18(12-25-10-4-5-11-25)24-21-20(22(26)28)15(2)16(3)29-21/h6-9H,4-5,10-13H2,1-3H3,(H,23,27). The summed E-state index contributed by atoms with van der Waals surface area (Å²) in [7, 11) is 0. The molecule has 1 fully saturated rings. The summed E-state index contributed by atoms with van der Waals surface area (Å²) >= 11 is 1.55. The summed E-state index contributed by atoms with van der Waals surface area (Å²) in [6.45, 7) is 8.54. The van der Waals surface area contributed by atoms with Crippen molar-refractivity contribution in [3.8, 4) is 0 Å². The molecule has 29 heavy (non-hydrogen) atoms. The molecule has 0 radical (unpaired) electrons. The highest BCUT2D eigenvalue weighted by molar-refractivity contribution is 7.18. The van der Waals surface area contributed by atoms with Gasteiger partial charge in [0.25, 0.3) is 5.56 Å².